The number of H-pyrrole nitrogens is 1. The summed E-state index contributed by atoms with van der Waals surface area (Å²) in [6.45, 7) is 3.64. The van der Waals surface area contributed by atoms with Gasteiger partial charge < -0.3 is 10.3 Å². The van der Waals surface area contributed by atoms with Gasteiger partial charge in [0.2, 0.25) is 5.91 Å². The second-order valence-corrected chi connectivity index (χ2v) is 6.94. The van der Waals surface area contributed by atoms with Crippen molar-refractivity contribution in [3.8, 4) is 0 Å². The quantitative estimate of drug-likeness (QED) is 0.880. The SMILES string of the molecule is CCS(=O)(=O)c1ccc2[nH]cc(CCNC(C)=O)c2c1. The van der Waals surface area contributed by atoms with Gasteiger partial charge in [-0.15, -0.1) is 0 Å². The summed E-state index contributed by atoms with van der Waals surface area (Å²) in [7, 11) is -3.20. The van der Waals surface area contributed by atoms with Crippen LogP contribution in [0.4, 0.5) is 0 Å². The van der Waals surface area contributed by atoms with E-state index in [9.17, 15) is 13.2 Å². The Hall–Kier alpha value is -1.82. The van der Waals surface area contributed by atoms with Gasteiger partial charge in [0.25, 0.3) is 0 Å². The largest absolute Gasteiger partial charge is 0.361 e. The molecule has 0 saturated heterocycles. The molecule has 108 valence electrons. The van der Waals surface area contributed by atoms with Crippen molar-refractivity contribution in [1.82, 2.24) is 10.3 Å². The molecule has 0 bridgehead atoms. The molecule has 0 radical (unpaired) electrons. The van der Waals surface area contributed by atoms with Gasteiger partial charge >= 0.3 is 0 Å². The summed E-state index contributed by atoms with van der Waals surface area (Å²) >= 11 is 0. The van der Waals surface area contributed by atoms with Crippen LogP contribution in [-0.2, 0) is 21.1 Å². The zero-order valence-corrected chi connectivity index (χ0v) is 12.4. The molecule has 0 atom stereocenters. The van der Waals surface area contributed by atoms with Gasteiger partial charge in [-0.2, -0.15) is 0 Å². The van der Waals surface area contributed by atoms with Crippen LogP contribution in [0.5, 0.6) is 0 Å². The summed E-state index contributed by atoms with van der Waals surface area (Å²) < 4.78 is 23.8. The highest BCUT2D eigenvalue weighted by Gasteiger charge is 2.13. The first kappa shape index (κ1) is 14.6. The van der Waals surface area contributed by atoms with Crippen molar-refractivity contribution in [3.05, 3.63) is 30.0 Å². The predicted molar refractivity (Wildman–Crippen MR) is 78.4 cm³/mol. The van der Waals surface area contributed by atoms with Crippen LogP contribution in [0.25, 0.3) is 10.9 Å². The number of aromatic nitrogens is 1. The maximum absolute atomic E-state index is 11.9. The number of aromatic amines is 1. The highest BCUT2D eigenvalue weighted by atomic mass is 32.2. The molecule has 0 spiro atoms. The van der Waals surface area contributed by atoms with Gasteiger partial charge in [0, 0.05) is 30.6 Å². The minimum absolute atomic E-state index is 0.0703. The van der Waals surface area contributed by atoms with Crippen molar-refractivity contribution in [2.45, 2.75) is 25.2 Å². The molecule has 0 unspecified atom stereocenters. The lowest BCUT2D eigenvalue weighted by atomic mass is 10.1. The Labute approximate surface area is 118 Å². The van der Waals surface area contributed by atoms with E-state index in [-0.39, 0.29) is 11.7 Å². The fourth-order valence-electron chi connectivity index (χ4n) is 2.10. The van der Waals surface area contributed by atoms with E-state index in [0.29, 0.717) is 17.9 Å². The number of benzene rings is 1. The molecule has 0 saturated carbocycles. The lowest BCUT2D eigenvalue weighted by Gasteiger charge is -2.04. The van der Waals surface area contributed by atoms with Crippen molar-refractivity contribution < 1.29 is 13.2 Å². The van der Waals surface area contributed by atoms with Crippen molar-refractivity contribution >= 4 is 26.6 Å². The number of rotatable bonds is 5. The smallest absolute Gasteiger partial charge is 0.216 e. The van der Waals surface area contributed by atoms with E-state index in [1.165, 1.54) is 6.92 Å². The van der Waals surface area contributed by atoms with E-state index >= 15 is 0 Å². The third-order valence-corrected chi connectivity index (χ3v) is 4.98. The molecule has 6 heteroatoms. The lowest BCUT2D eigenvalue weighted by Crippen LogP contribution is -2.22. The fourth-order valence-corrected chi connectivity index (χ4v) is 3.00. The summed E-state index contributed by atoms with van der Waals surface area (Å²) in [6, 6.07) is 5.10. The van der Waals surface area contributed by atoms with Crippen LogP contribution in [0.15, 0.2) is 29.3 Å². The van der Waals surface area contributed by atoms with Gasteiger partial charge in [-0.25, -0.2) is 8.42 Å². The van der Waals surface area contributed by atoms with E-state index in [2.05, 4.69) is 10.3 Å². The highest BCUT2D eigenvalue weighted by molar-refractivity contribution is 7.91. The number of sulfone groups is 1. The molecular weight excluding hydrogens is 276 g/mol. The van der Waals surface area contributed by atoms with Crippen molar-refractivity contribution in [1.29, 1.82) is 0 Å². The van der Waals surface area contributed by atoms with Crippen LogP contribution >= 0.6 is 0 Å². The molecule has 0 aliphatic rings. The maximum Gasteiger partial charge on any atom is 0.216 e. The number of fused-ring (bicyclic) bond motifs is 1. The third kappa shape index (κ3) is 3.01. The van der Waals surface area contributed by atoms with Crippen LogP contribution in [0.1, 0.15) is 19.4 Å². The highest BCUT2D eigenvalue weighted by Crippen LogP contribution is 2.23. The molecule has 0 fully saturated rings. The van der Waals surface area contributed by atoms with E-state index < -0.39 is 9.84 Å². The summed E-state index contributed by atoms with van der Waals surface area (Å²) in [5.41, 5.74) is 1.90. The Morgan fingerprint density at radius 2 is 2.10 bits per heavy atom. The molecule has 0 aliphatic heterocycles. The number of hydrogen-bond acceptors (Lipinski definition) is 3. The van der Waals surface area contributed by atoms with E-state index in [1.807, 2.05) is 6.20 Å². The lowest BCUT2D eigenvalue weighted by molar-refractivity contribution is -0.118. The second-order valence-electron chi connectivity index (χ2n) is 4.66. The molecule has 0 aliphatic carbocycles. The molecule has 5 nitrogen and oxygen atoms in total. The zero-order chi connectivity index (χ0) is 14.8. The molecule has 1 amide bonds. The number of amides is 1. The standard InChI is InChI=1S/C14H18N2O3S/c1-3-20(18,19)12-4-5-14-13(8-12)11(9-16-14)6-7-15-10(2)17/h4-5,8-9,16H,3,6-7H2,1-2H3,(H,15,17). The molecule has 1 heterocycles. The predicted octanol–water partition coefficient (Wildman–Crippen LogP) is 1.64. The first-order valence-corrected chi connectivity index (χ1v) is 8.16. The Balaban J connectivity index is 2.33. The van der Waals surface area contributed by atoms with Gasteiger partial charge in [0.05, 0.1) is 10.6 Å². The fraction of sp³-hybridized carbons (Fsp3) is 0.357. The van der Waals surface area contributed by atoms with Crippen LogP contribution in [0.3, 0.4) is 0 Å². The van der Waals surface area contributed by atoms with E-state index in [0.717, 1.165) is 16.5 Å². The van der Waals surface area contributed by atoms with Gasteiger partial charge in [-0.3, -0.25) is 4.79 Å². The van der Waals surface area contributed by atoms with Gasteiger partial charge in [-0.05, 0) is 30.2 Å². The Morgan fingerprint density at radius 3 is 2.75 bits per heavy atom. The van der Waals surface area contributed by atoms with Crippen LogP contribution in [0, 0.1) is 0 Å². The minimum atomic E-state index is -3.20. The second kappa shape index (κ2) is 5.66. The molecule has 2 aromatic rings. The maximum atomic E-state index is 11.9. The number of nitrogens with one attached hydrogen (secondary N) is 2. The monoisotopic (exact) mass is 294 g/mol. The van der Waals surface area contributed by atoms with Crippen molar-refractivity contribution in [2.24, 2.45) is 0 Å². The first-order valence-electron chi connectivity index (χ1n) is 6.51. The van der Waals surface area contributed by atoms with Crippen LogP contribution < -0.4 is 5.32 Å². The molecule has 1 aromatic carbocycles. The first-order chi connectivity index (χ1) is 9.44. The van der Waals surface area contributed by atoms with Crippen molar-refractivity contribution in [3.63, 3.8) is 0 Å². The molecule has 1 aromatic heterocycles. The van der Waals surface area contributed by atoms with Crippen LogP contribution in [-0.4, -0.2) is 31.6 Å². The Bertz CT molecular complexity index is 732. The van der Waals surface area contributed by atoms with E-state index in [1.54, 1.807) is 25.1 Å². The summed E-state index contributed by atoms with van der Waals surface area (Å²) in [5.74, 6) is 0.0172. The summed E-state index contributed by atoms with van der Waals surface area (Å²) in [6.07, 6.45) is 2.52. The van der Waals surface area contributed by atoms with Crippen molar-refractivity contribution in [2.75, 3.05) is 12.3 Å². The normalized spacial score (nSPS) is 11.7. The topological polar surface area (TPSA) is 79.0 Å². The summed E-state index contributed by atoms with van der Waals surface area (Å²) in [4.78, 5) is 14.3. The van der Waals surface area contributed by atoms with E-state index in [4.69, 9.17) is 0 Å². The Morgan fingerprint density at radius 1 is 1.35 bits per heavy atom. The average molecular weight is 294 g/mol. The van der Waals surface area contributed by atoms with Gasteiger partial charge in [-0.1, -0.05) is 6.92 Å². The Kier molecular flexibility index (Phi) is 4.13. The van der Waals surface area contributed by atoms with Gasteiger partial charge in [0.15, 0.2) is 9.84 Å². The van der Waals surface area contributed by atoms with Gasteiger partial charge in [0.1, 0.15) is 0 Å². The number of carbonyl (C=O) groups excluding carboxylic acids is 1. The molecule has 2 rings (SSSR count). The summed E-state index contributed by atoms with van der Waals surface area (Å²) in [5, 5.41) is 3.63. The average Bonchev–Trinajstić information content (AvgIpc) is 2.81. The minimum Gasteiger partial charge on any atom is -0.361 e. The number of carbonyl (C=O) groups is 1. The number of hydrogen-bond donors (Lipinski definition) is 2. The van der Waals surface area contributed by atoms with Crippen LogP contribution in [0.2, 0.25) is 0 Å². The third-order valence-electron chi connectivity index (χ3n) is 3.25. The molecule has 20 heavy (non-hydrogen) atoms. The molecule has 2 N–H and O–H groups in total. The zero-order valence-electron chi connectivity index (χ0n) is 11.6. The molecular formula is C14H18N2O3S.